The standard InChI is InChI=1S/C47H32N2O/c48-29-9-14-37-31-50-47-42(37)17-8-18-45(47)49(38-24-19-33(20-25-38)32-10-2-1-3-11-32)39-26-21-35(22-27-39)44-30-36-13-5-7-16-41(36)46-40-15-6-4-12-34(40)23-28-43(44)46/h1-31,48H/b14-9-,48-29?. The van der Waals surface area contributed by atoms with Crippen LogP contribution in [-0.4, -0.2) is 6.21 Å². The zero-order valence-corrected chi connectivity index (χ0v) is 27.3. The summed E-state index contributed by atoms with van der Waals surface area (Å²) in [7, 11) is 0. The van der Waals surface area contributed by atoms with Gasteiger partial charge < -0.3 is 14.7 Å². The Morgan fingerprint density at radius 3 is 1.86 bits per heavy atom. The van der Waals surface area contributed by atoms with Gasteiger partial charge in [0.25, 0.3) is 0 Å². The quantitative estimate of drug-likeness (QED) is 0.139. The van der Waals surface area contributed by atoms with Gasteiger partial charge in [-0.3, -0.25) is 0 Å². The van der Waals surface area contributed by atoms with E-state index in [1.165, 1.54) is 49.7 Å². The molecule has 50 heavy (non-hydrogen) atoms. The lowest BCUT2D eigenvalue weighted by atomic mass is 9.90. The molecule has 9 aromatic rings. The van der Waals surface area contributed by atoms with E-state index in [4.69, 9.17) is 9.83 Å². The first-order valence-electron chi connectivity index (χ1n) is 16.8. The third kappa shape index (κ3) is 5.04. The number of allylic oxidation sites excluding steroid dienone is 1. The van der Waals surface area contributed by atoms with Gasteiger partial charge in [0.2, 0.25) is 0 Å². The number of para-hydroxylation sites is 1. The molecule has 0 fully saturated rings. The van der Waals surface area contributed by atoms with Crippen LogP contribution in [0, 0.1) is 5.41 Å². The Hall–Kier alpha value is -6.71. The van der Waals surface area contributed by atoms with Crippen molar-refractivity contribution in [2.24, 2.45) is 0 Å². The lowest BCUT2D eigenvalue weighted by Crippen LogP contribution is -2.10. The SMILES string of the molecule is N=C/C=C\c1coc2c(N(c3ccc(-c4ccccc4)cc3)c3ccc(-c4cc5ccccc5c5c4ccc4ccccc45)cc3)cccc12. The summed E-state index contributed by atoms with van der Waals surface area (Å²) in [6, 6.07) is 58.5. The van der Waals surface area contributed by atoms with Gasteiger partial charge in [-0.1, -0.05) is 127 Å². The Balaban J connectivity index is 1.20. The molecule has 0 aliphatic carbocycles. The summed E-state index contributed by atoms with van der Waals surface area (Å²) in [6.45, 7) is 0. The molecule has 1 N–H and O–H groups in total. The summed E-state index contributed by atoms with van der Waals surface area (Å²) in [5, 5.41) is 16.0. The van der Waals surface area contributed by atoms with E-state index in [2.05, 4.69) is 163 Å². The van der Waals surface area contributed by atoms with Crippen molar-refractivity contribution in [1.82, 2.24) is 0 Å². The molecule has 0 spiro atoms. The van der Waals surface area contributed by atoms with Crippen LogP contribution >= 0.6 is 0 Å². The highest BCUT2D eigenvalue weighted by molar-refractivity contribution is 6.24. The number of fused-ring (bicyclic) bond motifs is 6. The smallest absolute Gasteiger partial charge is 0.158 e. The molecule has 1 heterocycles. The fourth-order valence-corrected chi connectivity index (χ4v) is 7.28. The van der Waals surface area contributed by atoms with E-state index in [1.54, 1.807) is 12.3 Å². The molecule has 9 rings (SSSR count). The second-order valence-corrected chi connectivity index (χ2v) is 12.5. The lowest BCUT2D eigenvalue weighted by Gasteiger charge is -2.26. The van der Waals surface area contributed by atoms with Gasteiger partial charge in [-0.25, -0.2) is 0 Å². The summed E-state index contributed by atoms with van der Waals surface area (Å²) >= 11 is 0. The minimum Gasteiger partial charge on any atom is -0.461 e. The van der Waals surface area contributed by atoms with Crippen molar-refractivity contribution in [3.05, 3.63) is 182 Å². The number of hydrogen-bond acceptors (Lipinski definition) is 3. The molecular formula is C47H32N2O. The Morgan fingerprint density at radius 2 is 1.12 bits per heavy atom. The fourth-order valence-electron chi connectivity index (χ4n) is 7.28. The van der Waals surface area contributed by atoms with E-state index in [0.717, 1.165) is 44.7 Å². The van der Waals surface area contributed by atoms with Crippen molar-refractivity contribution in [3.8, 4) is 22.3 Å². The molecule has 3 heteroatoms. The van der Waals surface area contributed by atoms with Crippen LogP contribution in [0.5, 0.6) is 0 Å². The maximum absolute atomic E-state index is 7.48. The van der Waals surface area contributed by atoms with Gasteiger partial charge in [-0.15, -0.1) is 0 Å². The van der Waals surface area contributed by atoms with Crippen molar-refractivity contribution in [1.29, 1.82) is 5.41 Å². The van der Waals surface area contributed by atoms with E-state index in [9.17, 15) is 0 Å². The number of nitrogens with zero attached hydrogens (tertiary/aromatic N) is 1. The summed E-state index contributed by atoms with van der Waals surface area (Å²) in [6.07, 6.45) is 6.68. The minimum absolute atomic E-state index is 0.792. The molecular weight excluding hydrogens is 609 g/mol. The average molecular weight is 641 g/mol. The maximum Gasteiger partial charge on any atom is 0.158 e. The summed E-state index contributed by atoms with van der Waals surface area (Å²) in [5.41, 5.74) is 9.45. The molecule has 1 aromatic heterocycles. The van der Waals surface area contributed by atoms with Gasteiger partial charge >= 0.3 is 0 Å². The zero-order valence-electron chi connectivity index (χ0n) is 27.3. The first-order valence-corrected chi connectivity index (χ1v) is 16.8. The number of rotatable bonds is 7. The summed E-state index contributed by atoms with van der Waals surface area (Å²) < 4.78 is 6.24. The molecule has 0 unspecified atom stereocenters. The van der Waals surface area contributed by atoms with Gasteiger partial charge in [-0.2, -0.15) is 0 Å². The van der Waals surface area contributed by atoms with Crippen LogP contribution in [0.4, 0.5) is 17.1 Å². The van der Waals surface area contributed by atoms with Crippen LogP contribution in [0.25, 0.3) is 71.6 Å². The van der Waals surface area contributed by atoms with Gasteiger partial charge in [0, 0.05) is 28.5 Å². The summed E-state index contributed by atoms with van der Waals surface area (Å²) in [4.78, 5) is 2.26. The van der Waals surface area contributed by atoms with E-state index in [-0.39, 0.29) is 0 Å². The maximum atomic E-state index is 7.48. The Labute approximate surface area is 290 Å². The number of benzene rings is 8. The van der Waals surface area contributed by atoms with Gasteiger partial charge in [0.15, 0.2) is 5.58 Å². The fraction of sp³-hybridized carbons (Fsp3) is 0. The van der Waals surface area contributed by atoms with Gasteiger partial charge in [0.1, 0.15) is 0 Å². The van der Waals surface area contributed by atoms with Crippen LogP contribution in [-0.2, 0) is 0 Å². The van der Waals surface area contributed by atoms with Gasteiger partial charge in [-0.05, 0) is 103 Å². The molecule has 0 amide bonds. The largest absolute Gasteiger partial charge is 0.461 e. The highest BCUT2D eigenvalue weighted by Crippen LogP contribution is 2.43. The molecule has 3 nitrogen and oxygen atoms in total. The topological polar surface area (TPSA) is 40.2 Å². The van der Waals surface area contributed by atoms with Crippen LogP contribution in [0.1, 0.15) is 5.56 Å². The number of nitrogens with one attached hydrogen (secondary N) is 1. The van der Waals surface area contributed by atoms with Crippen LogP contribution in [0.15, 0.2) is 181 Å². The first kappa shape index (κ1) is 29.4. The average Bonchev–Trinajstić information content (AvgIpc) is 3.61. The number of anilines is 3. The monoisotopic (exact) mass is 640 g/mol. The summed E-state index contributed by atoms with van der Waals surface area (Å²) in [5.74, 6) is 0. The van der Waals surface area contributed by atoms with E-state index >= 15 is 0 Å². The van der Waals surface area contributed by atoms with Crippen molar-refractivity contribution < 1.29 is 4.42 Å². The van der Waals surface area contributed by atoms with Crippen LogP contribution in [0.3, 0.4) is 0 Å². The van der Waals surface area contributed by atoms with E-state index < -0.39 is 0 Å². The Bertz CT molecular complexity index is 2690. The Morgan fingerprint density at radius 1 is 0.500 bits per heavy atom. The predicted octanol–water partition coefficient (Wildman–Crippen LogP) is 13.4. The molecule has 0 saturated carbocycles. The molecule has 0 radical (unpaired) electrons. The van der Waals surface area contributed by atoms with E-state index in [0.29, 0.717) is 0 Å². The second-order valence-electron chi connectivity index (χ2n) is 12.5. The highest BCUT2D eigenvalue weighted by atomic mass is 16.3. The van der Waals surface area contributed by atoms with Crippen molar-refractivity contribution in [3.63, 3.8) is 0 Å². The third-order valence-electron chi connectivity index (χ3n) is 9.64. The second kappa shape index (κ2) is 12.4. The molecule has 0 atom stereocenters. The molecule has 0 saturated heterocycles. The van der Waals surface area contributed by atoms with Crippen LogP contribution < -0.4 is 4.90 Å². The van der Waals surface area contributed by atoms with Gasteiger partial charge in [0.05, 0.1) is 12.0 Å². The van der Waals surface area contributed by atoms with Crippen molar-refractivity contribution in [2.45, 2.75) is 0 Å². The molecule has 0 aliphatic rings. The van der Waals surface area contributed by atoms with Crippen LogP contribution in [0.2, 0.25) is 0 Å². The van der Waals surface area contributed by atoms with Crippen molar-refractivity contribution in [2.75, 3.05) is 4.90 Å². The highest BCUT2D eigenvalue weighted by Gasteiger charge is 2.19. The third-order valence-corrected chi connectivity index (χ3v) is 9.64. The van der Waals surface area contributed by atoms with E-state index in [1.807, 2.05) is 12.1 Å². The normalized spacial score (nSPS) is 11.6. The molecule has 0 bridgehead atoms. The van der Waals surface area contributed by atoms with Crippen molar-refractivity contribution >= 4 is 72.6 Å². The number of hydrogen-bond donors (Lipinski definition) is 1. The number of furan rings is 1. The minimum atomic E-state index is 0.792. The zero-order chi connectivity index (χ0) is 33.4. The molecule has 0 aliphatic heterocycles. The lowest BCUT2D eigenvalue weighted by molar-refractivity contribution is 0.615. The Kier molecular flexibility index (Phi) is 7.29. The molecule has 236 valence electrons. The first-order chi connectivity index (χ1) is 24.8. The predicted molar refractivity (Wildman–Crippen MR) is 212 cm³/mol. The molecule has 8 aromatic carbocycles.